The molecule has 0 atom stereocenters. The van der Waals surface area contributed by atoms with Gasteiger partial charge in [-0.05, 0) is 26.0 Å². The lowest BCUT2D eigenvalue weighted by atomic mass is 10.1. The molecule has 0 saturated heterocycles. The maximum absolute atomic E-state index is 5.18. The van der Waals surface area contributed by atoms with Gasteiger partial charge >= 0.3 is 0 Å². The Morgan fingerprint density at radius 2 is 2.00 bits per heavy atom. The van der Waals surface area contributed by atoms with Crippen molar-refractivity contribution in [2.24, 2.45) is 0 Å². The Labute approximate surface area is 101 Å². The Kier molecular flexibility index (Phi) is 3.24. The van der Waals surface area contributed by atoms with E-state index in [1.807, 2.05) is 24.3 Å². The molecule has 0 radical (unpaired) electrons. The van der Waals surface area contributed by atoms with Crippen molar-refractivity contribution in [2.75, 3.05) is 19.0 Å². The predicted octanol–water partition coefficient (Wildman–Crippen LogP) is 2.47. The summed E-state index contributed by atoms with van der Waals surface area (Å²) in [7, 11) is 1.70. The molecule has 1 heterocycles. The summed E-state index contributed by atoms with van der Waals surface area (Å²) in [6.45, 7) is 4.77. The largest absolute Gasteiger partial charge is 0.382 e. The molecule has 17 heavy (non-hydrogen) atoms. The fourth-order valence-corrected chi connectivity index (χ4v) is 1.82. The predicted molar refractivity (Wildman–Crippen MR) is 69.1 cm³/mol. The molecule has 1 N–H and O–H groups in total. The van der Waals surface area contributed by atoms with Crippen LogP contribution in [0.5, 0.6) is 0 Å². The minimum Gasteiger partial charge on any atom is -0.382 e. The highest BCUT2D eigenvalue weighted by molar-refractivity contribution is 5.88. The summed E-state index contributed by atoms with van der Waals surface area (Å²) in [5, 5.41) is 4.41. The van der Waals surface area contributed by atoms with E-state index in [1.165, 1.54) is 0 Å². The number of benzene rings is 1. The lowest BCUT2D eigenvalue weighted by Crippen LogP contribution is -2.36. The number of nitrogens with one attached hydrogen (secondary N) is 1. The molecule has 0 aliphatic rings. The quantitative estimate of drug-likeness (QED) is 0.878. The fraction of sp³-hybridized carbons (Fsp3) is 0.385. The van der Waals surface area contributed by atoms with E-state index in [1.54, 1.807) is 13.4 Å². The summed E-state index contributed by atoms with van der Waals surface area (Å²) in [5.41, 5.74) is 0.782. The van der Waals surface area contributed by atoms with Crippen LogP contribution in [0, 0.1) is 0 Å². The van der Waals surface area contributed by atoms with Crippen molar-refractivity contribution in [1.82, 2.24) is 9.97 Å². The highest BCUT2D eigenvalue weighted by Gasteiger charge is 2.18. The maximum atomic E-state index is 5.18. The minimum absolute atomic E-state index is 0.161. The molecule has 0 unspecified atom stereocenters. The normalized spacial score (nSPS) is 11.7. The molecule has 4 nitrogen and oxygen atoms in total. The van der Waals surface area contributed by atoms with Crippen molar-refractivity contribution in [1.29, 1.82) is 0 Å². The molecule has 0 aliphatic heterocycles. The first-order valence-corrected chi connectivity index (χ1v) is 5.59. The van der Waals surface area contributed by atoms with E-state index in [0.29, 0.717) is 6.61 Å². The average Bonchev–Trinajstić information content (AvgIpc) is 2.29. The van der Waals surface area contributed by atoms with E-state index < -0.39 is 0 Å². The number of fused-ring (bicyclic) bond motifs is 1. The van der Waals surface area contributed by atoms with Crippen LogP contribution in [0.4, 0.5) is 5.82 Å². The molecule has 0 spiro atoms. The Bertz CT molecular complexity index is 505. The third-order valence-electron chi connectivity index (χ3n) is 2.50. The molecule has 1 aromatic carbocycles. The van der Waals surface area contributed by atoms with Crippen LogP contribution in [0.15, 0.2) is 30.6 Å². The van der Waals surface area contributed by atoms with Gasteiger partial charge in [-0.2, -0.15) is 0 Å². The SMILES string of the molecule is COCC(C)(C)Nc1ncnc2ccccc12. The first-order chi connectivity index (χ1) is 8.12. The third-order valence-corrected chi connectivity index (χ3v) is 2.50. The number of ether oxygens (including phenoxy) is 1. The first-order valence-electron chi connectivity index (χ1n) is 5.59. The molecule has 2 aromatic rings. The second kappa shape index (κ2) is 4.67. The maximum Gasteiger partial charge on any atom is 0.137 e. The molecule has 0 amide bonds. The van der Waals surface area contributed by atoms with Crippen LogP contribution in [0.25, 0.3) is 10.9 Å². The Hall–Kier alpha value is -1.68. The molecule has 0 saturated carbocycles. The molecule has 4 heteroatoms. The summed E-state index contributed by atoms with van der Waals surface area (Å²) < 4.78 is 5.18. The Balaban J connectivity index is 2.36. The monoisotopic (exact) mass is 231 g/mol. The molecule has 90 valence electrons. The standard InChI is InChI=1S/C13H17N3O/c1-13(2,8-17-3)16-12-10-6-4-5-7-11(10)14-9-15-12/h4-7,9H,8H2,1-3H3,(H,14,15,16). The summed E-state index contributed by atoms with van der Waals surface area (Å²) in [6.07, 6.45) is 1.58. The van der Waals surface area contributed by atoms with Crippen LogP contribution in [0.2, 0.25) is 0 Å². The molecule has 1 aromatic heterocycles. The number of rotatable bonds is 4. The van der Waals surface area contributed by atoms with Gasteiger partial charge in [0, 0.05) is 12.5 Å². The van der Waals surface area contributed by atoms with Crippen molar-refractivity contribution in [3.8, 4) is 0 Å². The van der Waals surface area contributed by atoms with Gasteiger partial charge < -0.3 is 10.1 Å². The highest BCUT2D eigenvalue weighted by Crippen LogP contribution is 2.21. The van der Waals surface area contributed by atoms with Gasteiger partial charge in [0.2, 0.25) is 0 Å². The summed E-state index contributed by atoms with van der Waals surface area (Å²) in [4.78, 5) is 8.53. The van der Waals surface area contributed by atoms with Crippen LogP contribution in [0.3, 0.4) is 0 Å². The van der Waals surface area contributed by atoms with Crippen molar-refractivity contribution in [2.45, 2.75) is 19.4 Å². The van der Waals surface area contributed by atoms with E-state index in [0.717, 1.165) is 16.7 Å². The van der Waals surface area contributed by atoms with Gasteiger partial charge in [0.05, 0.1) is 17.7 Å². The van der Waals surface area contributed by atoms with Crippen molar-refractivity contribution < 1.29 is 4.74 Å². The number of methoxy groups -OCH3 is 1. The molecule has 0 bridgehead atoms. The van der Waals surface area contributed by atoms with Gasteiger partial charge in [-0.15, -0.1) is 0 Å². The Morgan fingerprint density at radius 3 is 2.76 bits per heavy atom. The zero-order valence-corrected chi connectivity index (χ0v) is 10.4. The van der Waals surface area contributed by atoms with Crippen molar-refractivity contribution in [3.05, 3.63) is 30.6 Å². The first kappa shape index (κ1) is 11.8. The average molecular weight is 231 g/mol. The smallest absolute Gasteiger partial charge is 0.137 e. The van der Waals surface area contributed by atoms with Crippen LogP contribution in [0.1, 0.15) is 13.8 Å². The zero-order valence-electron chi connectivity index (χ0n) is 10.4. The van der Waals surface area contributed by atoms with Gasteiger partial charge in [-0.1, -0.05) is 12.1 Å². The minimum atomic E-state index is -0.161. The third kappa shape index (κ3) is 2.71. The zero-order chi connectivity index (χ0) is 12.3. The summed E-state index contributed by atoms with van der Waals surface area (Å²) >= 11 is 0. The molecule has 2 rings (SSSR count). The second-order valence-electron chi connectivity index (χ2n) is 4.68. The van der Waals surface area contributed by atoms with Crippen molar-refractivity contribution in [3.63, 3.8) is 0 Å². The van der Waals surface area contributed by atoms with E-state index in [9.17, 15) is 0 Å². The molecule has 0 aliphatic carbocycles. The topological polar surface area (TPSA) is 47.0 Å². The lowest BCUT2D eigenvalue weighted by molar-refractivity contribution is 0.158. The van der Waals surface area contributed by atoms with E-state index in [4.69, 9.17) is 4.74 Å². The fourth-order valence-electron chi connectivity index (χ4n) is 1.82. The number of aromatic nitrogens is 2. The second-order valence-corrected chi connectivity index (χ2v) is 4.68. The van der Waals surface area contributed by atoms with Crippen LogP contribution < -0.4 is 5.32 Å². The molecular weight excluding hydrogens is 214 g/mol. The van der Waals surface area contributed by atoms with Gasteiger partial charge in [0.1, 0.15) is 12.1 Å². The van der Waals surface area contributed by atoms with Gasteiger partial charge in [-0.3, -0.25) is 0 Å². The van der Waals surface area contributed by atoms with Crippen molar-refractivity contribution >= 4 is 16.7 Å². The van der Waals surface area contributed by atoms with E-state index in [-0.39, 0.29) is 5.54 Å². The number of hydrogen-bond donors (Lipinski definition) is 1. The number of para-hydroxylation sites is 1. The molecular formula is C13H17N3O. The van der Waals surface area contributed by atoms with Gasteiger partial charge in [-0.25, -0.2) is 9.97 Å². The van der Waals surface area contributed by atoms with Crippen LogP contribution in [-0.4, -0.2) is 29.2 Å². The van der Waals surface area contributed by atoms with Gasteiger partial charge in [0.25, 0.3) is 0 Å². The van der Waals surface area contributed by atoms with Crippen LogP contribution in [-0.2, 0) is 4.74 Å². The number of nitrogens with zero attached hydrogens (tertiary/aromatic N) is 2. The van der Waals surface area contributed by atoms with Crippen LogP contribution >= 0.6 is 0 Å². The summed E-state index contributed by atoms with van der Waals surface area (Å²) in [6, 6.07) is 7.95. The van der Waals surface area contributed by atoms with E-state index >= 15 is 0 Å². The number of hydrogen-bond acceptors (Lipinski definition) is 4. The highest BCUT2D eigenvalue weighted by atomic mass is 16.5. The van der Waals surface area contributed by atoms with E-state index in [2.05, 4.69) is 29.1 Å². The lowest BCUT2D eigenvalue weighted by Gasteiger charge is -2.26. The molecule has 0 fully saturated rings. The van der Waals surface area contributed by atoms with Gasteiger partial charge in [0.15, 0.2) is 0 Å². The summed E-state index contributed by atoms with van der Waals surface area (Å²) in [5.74, 6) is 0.845. The Morgan fingerprint density at radius 1 is 1.24 bits per heavy atom. The number of anilines is 1.